The fourth-order valence-electron chi connectivity index (χ4n) is 3.88. The van der Waals surface area contributed by atoms with Gasteiger partial charge in [0.2, 0.25) is 0 Å². The number of methoxy groups -OCH3 is 1. The second kappa shape index (κ2) is 10.6. The van der Waals surface area contributed by atoms with Crippen molar-refractivity contribution in [2.45, 2.75) is 32.2 Å². The maximum atomic E-state index is 12.1. The number of nitrogens with one attached hydrogen (secondary N) is 1. The number of para-hydroxylation sites is 2. The molecule has 5 nitrogen and oxygen atoms in total. The summed E-state index contributed by atoms with van der Waals surface area (Å²) in [4.78, 5) is 17.0. The number of amides is 1. The van der Waals surface area contributed by atoms with Crippen LogP contribution in [-0.2, 0) is 13.0 Å². The van der Waals surface area contributed by atoms with Crippen molar-refractivity contribution < 1.29 is 9.53 Å². The van der Waals surface area contributed by atoms with E-state index in [4.69, 9.17) is 9.72 Å². The number of imidazole rings is 1. The fraction of sp³-hybridized carbons (Fsp3) is 0.259. The largest absolute Gasteiger partial charge is 0.497 e. The molecule has 1 heterocycles. The van der Waals surface area contributed by atoms with Crippen LogP contribution in [0.25, 0.3) is 11.0 Å². The van der Waals surface area contributed by atoms with Crippen LogP contribution in [0.1, 0.15) is 41.0 Å². The van der Waals surface area contributed by atoms with Gasteiger partial charge < -0.3 is 14.6 Å². The number of carbonyl (C=O) groups excluding carboxylic acids is 1. The van der Waals surface area contributed by atoms with E-state index in [1.165, 1.54) is 5.56 Å². The van der Waals surface area contributed by atoms with E-state index < -0.39 is 0 Å². The molecule has 0 fully saturated rings. The molecule has 0 saturated heterocycles. The van der Waals surface area contributed by atoms with Crippen LogP contribution in [0.5, 0.6) is 5.75 Å². The van der Waals surface area contributed by atoms with E-state index in [1.807, 2.05) is 48.5 Å². The molecule has 4 aromatic rings. The molecular formula is C27H29N3O2. The summed E-state index contributed by atoms with van der Waals surface area (Å²) in [5.74, 6) is 1.96. The van der Waals surface area contributed by atoms with E-state index in [2.05, 4.69) is 40.2 Å². The summed E-state index contributed by atoms with van der Waals surface area (Å²) in [5.41, 5.74) is 4.12. The predicted octanol–water partition coefficient (Wildman–Crippen LogP) is 5.24. The minimum Gasteiger partial charge on any atom is -0.497 e. The number of fused-ring (bicyclic) bond motifs is 1. The topological polar surface area (TPSA) is 56.1 Å². The van der Waals surface area contributed by atoms with E-state index in [0.29, 0.717) is 12.1 Å². The number of hydrogen-bond donors (Lipinski definition) is 1. The van der Waals surface area contributed by atoms with Gasteiger partial charge in [0.25, 0.3) is 5.91 Å². The normalized spacial score (nSPS) is 10.9. The van der Waals surface area contributed by atoms with Gasteiger partial charge in [0.05, 0.1) is 18.1 Å². The minimum atomic E-state index is -0.00751. The number of aryl methyl sites for hydroxylation is 1. The van der Waals surface area contributed by atoms with Gasteiger partial charge in [-0.3, -0.25) is 4.79 Å². The number of ether oxygens (including phenoxy) is 1. The number of rotatable bonds is 10. The van der Waals surface area contributed by atoms with E-state index in [9.17, 15) is 4.79 Å². The Morgan fingerprint density at radius 3 is 2.44 bits per heavy atom. The van der Waals surface area contributed by atoms with Crippen molar-refractivity contribution in [2.24, 2.45) is 0 Å². The highest BCUT2D eigenvalue weighted by Crippen LogP contribution is 2.21. The Balaban J connectivity index is 1.33. The lowest BCUT2D eigenvalue weighted by Crippen LogP contribution is -2.24. The summed E-state index contributed by atoms with van der Waals surface area (Å²) >= 11 is 0. The zero-order valence-corrected chi connectivity index (χ0v) is 18.5. The number of aromatic nitrogens is 2. The molecule has 3 aromatic carbocycles. The molecule has 164 valence electrons. The van der Waals surface area contributed by atoms with Gasteiger partial charge in [0.1, 0.15) is 11.6 Å². The van der Waals surface area contributed by atoms with Crippen molar-refractivity contribution >= 4 is 16.9 Å². The average Bonchev–Trinajstić information content (AvgIpc) is 3.19. The van der Waals surface area contributed by atoms with Gasteiger partial charge in [0, 0.05) is 25.1 Å². The SMILES string of the molecule is COc1ccc(Cn2c(CCCCCNC(=O)c3ccccc3)nc3ccccc32)cc1. The van der Waals surface area contributed by atoms with Crippen molar-refractivity contribution in [1.82, 2.24) is 14.9 Å². The lowest BCUT2D eigenvalue weighted by Gasteiger charge is -2.10. The standard InChI is InChI=1S/C27H29N3O2/c1-32-23-17-15-21(16-18-23)20-30-25-13-8-7-12-24(25)29-26(30)14-6-3-9-19-28-27(31)22-10-4-2-5-11-22/h2,4-5,7-8,10-13,15-18H,3,6,9,14,19-20H2,1H3,(H,28,31). The Kier molecular flexibility index (Phi) is 7.18. The van der Waals surface area contributed by atoms with Gasteiger partial charge >= 0.3 is 0 Å². The van der Waals surface area contributed by atoms with Crippen molar-refractivity contribution in [1.29, 1.82) is 0 Å². The zero-order chi connectivity index (χ0) is 22.2. The third-order valence-electron chi connectivity index (χ3n) is 5.63. The first-order valence-electron chi connectivity index (χ1n) is 11.1. The number of carbonyl (C=O) groups is 1. The third-order valence-corrected chi connectivity index (χ3v) is 5.63. The molecule has 1 N–H and O–H groups in total. The summed E-state index contributed by atoms with van der Waals surface area (Å²) < 4.78 is 7.59. The Hall–Kier alpha value is -3.60. The summed E-state index contributed by atoms with van der Waals surface area (Å²) in [6.07, 6.45) is 3.95. The van der Waals surface area contributed by atoms with Gasteiger partial charge in [-0.15, -0.1) is 0 Å². The number of benzene rings is 3. The van der Waals surface area contributed by atoms with Crippen LogP contribution in [0, 0.1) is 0 Å². The molecule has 4 rings (SSSR count). The van der Waals surface area contributed by atoms with Gasteiger partial charge in [-0.25, -0.2) is 4.98 Å². The van der Waals surface area contributed by atoms with Crippen LogP contribution >= 0.6 is 0 Å². The lowest BCUT2D eigenvalue weighted by molar-refractivity contribution is 0.0953. The zero-order valence-electron chi connectivity index (χ0n) is 18.5. The first-order valence-corrected chi connectivity index (χ1v) is 11.1. The second-order valence-electron chi connectivity index (χ2n) is 7.88. The predicted molar refractivity (Wildman–Crippen MR) is 128 cm³/mol. The van der Waals surface area contributed by atoms with Crippen LogP contribution in [0.4, 0.5) is 0 Å². The quantitative estimate of drug-likeness (QED) is 0.352. The lowest BCUT2D eigenvalue weighted by atomic mass is 10.1. The summed E-state index contributed by atoms with van der Waals surface area (Å²) in [7, 11) is 1.68. The van der Waals surface area contributed by atoms with Gasteiger partial charge in [-0.05, 0) is 54.8 Å². The molecule has 0 radical (unpaired) electrons. The molecular weight excluding hydrogens is 398 g/mol. The van der Waals surface area contributed by atoms with Crippen molar-refractivity contribution in [3.8, 4) is 5.75 Å². The Morgan fingerprint density at radius 2 is 1.66 bits per heavy atom. The Morgan fingerprint density at radius 1 is 0.906 bits per heavy atom. The highest BCUT2D eigenvalue weighted by Gasteiger charge is 2.11. The van der Waals surface area contributed by atoms with E-state index in [-0.39, 0.29) is 5.91 Å². The maximum absolute atomic E-state index is 12.1. The molecule has 0 atom stereocenters. The molecule has 0 aliphatic carbocycles. The number of nitrogens with zero attached hydrogens (tertiary/aromatic N) is 2. The molecule has 1 aromatic heterocycles. The average molecular weight is 428 g/mol. The number of hydrogen-bond acceptors (Lipinski definition) is 3. The van der Waals surface area contributed by atoms with Crippen molar-refractivity contribution in [3.63, 3.8) is 0 Å². The third kappa shape index (κ3) is 5.35. The highest BCUT2D eigenvalue weighted by molar-refractivity contribution is 5.94. The van der Waals surface area contributed by atoms with E-state index >= 15 is 0 Å². The van der Waals surface area contributed by atoms with Gasteiger partial charge in [-0.2, -0.15) is 0 Å². The molecule has 0 unspecified atom stereocenters. The van der Waals surface area contributed by atoms with E-state index in [0.717, 1.165) is 54.8 Å². The van der Waals surface area contributed by atoms with E-state index in [1.54, 1.807) is 7.11 Å². The molecule has 1 amide bonds. The van der Waals surface area contributed by atoms with Gasteiger partial charge in [0.15, 0.2) is 0 Å². The molecule has 32 heavy (non-hydrogen) atoms. The molecule has 0 aliphatic rings. The Labute approximate surface area is 189 Å². The van der Waals surface area contributed by atoms with Crippen molar-refractivity contribution in [2.75, 3.05) is 13.7 Å². The molecule has 0 saturated carbocycles. The summed E-state index contributed by atoms with van der Waals surface area (Å²) in [5, 5.41) is 3.00. The summed E-state index contributed by atoms with van der Waals surface area (Å²) in [6.45, 7) is 1.48. The highest BCUT2D eigenvalue weighted by atomic mass is 16.5. The summed E-state index contributed by atoms with van der Waals surface area (Å²) in [6, 6.07) is 25.9. The first kappa shape index (κ1) is 21.6. The fourth-order valence-corrected chi connectivity index (χ4v) is 3.88. The smallest absolute Gasteiger partial charge is 0.251 e. The second-order valence-corrected chi connectivity index (χ2v) is 7.88. The first-order chi connectivity index (χ1) is 15.7. The van der Waals surface area contributed by atoms with Crippen LogP contribution < -0.4 is 10.1 Å². The van der Waals surface area contributed by atoms with Crippen LogP contribution in [0.15, 0.2) is 78.9 Å². The minimum absolute atomic E-state index is 0.00751. The Bertz CT molecular complexity index is 1150. The van der Waals surface area contributed by atoms with Gasteiger partial charge in [-0.1, -0.05) is 48.9 Å². The van der Waals surface area contributed by atoms with Crippen molar-refractivity contribution in [3.05, 3.63) is 95.8 Å². The van der Waals surface area contributed by atoms with Crippen LogP contribution in [-0.4, -0.2) is 29.1 Å². The van der Waals surface area contributed by atoms with Crippen LogP contribution in [0.2, 0.25) is 0 Å². The maximum Gasteiger partial charge on any atom is 0.251 e. The number of unbranched alkanes of at least 4 members (excludes halogenated alkanes) is 2. The molecule has 0 aliphatic heterocycles. The monoisotopic (exact) mass is 427 g/mol. The van der Waals surface area contributed by atoms with Crippen LogP contribution in [0.3, 0.4) is 0 Å². The molecule has 0 spiro atoms. The molecule has 5 heteroatoms. The molecule has 0 bridgehead atoms.